The van der Waals surface area contributed by atoms with Crippen LogP contribution in [0.2, 0.25) is 0 Å². The lowest BCUT2D eigenvalue weighted by Crippen LogP contribution is -2.45. The van der Waals surface area contributed by atoms with Crippen molar-refractivity contribution in [3.63, 3.8) is 0 Å². The predicted molar refractivity (Wildman–Crippen MR) is 405 cm³/mol. The number of allylic oxidation sites excluding steroid dienone is 19. The van der Waals surface area contributed by atoms with Gasteiger partial charge in [0.2, 0.25) is 5.91 Å². The van der Waals surface area contributed by atoms with E-state index in [4.69, 9.17) is 9.05 Å². The van der Waals surface area contributed by atoms with Gasteiger partial charge >= 0.3 is 7.82 Å². The van der Waals surface area contributed by atoms with Crippen LogP contribution in [0.25, 0.3) is 0 Å². The Morgan fingerprint density at radius 1 is 0.380 bits per heavy atom. The Morgan fingerprint density at radius 2 is 0.663 bits per heavy atom. The zero-order valence-corrected chi connectivity index (χ0v) is 61.9. The van der Waals surface area contributed by atoms with E-state index < -0.39 is 20.0 Å². The summed E-state index contributed by atoms with van der Waals surface area (Å²) in [4.78, 5) is 23.5. The largest absolute Gasteiger partial charge is 0.472 e. The second-order valence-corrected chi connectivity index (χ2v) is 28.8. The number of quaternary nitrogens is 1. The van der Waals surface area contributed by atoms with Gasteiger partial charge in [0, 0.05) is 6.42 Å². The second kappa shape index (κ2) is 72.2. The van der Waals surface area contributed by atoms with Gasteiger partial charge in [0.25, 0.3) is 0 Å². The summed E-state index contributed by atoms with van der Waals surface area (Å²) in [5.74, 6) is -0.187. The number of rotatable bonds is 71. The number of hydrogen-bond acceptors (Lipinski definition) is 5. The molecule has 0 aliphatic heterocycles. The smallest absolute Gasteiger partial charge is 0.387 e. The average molecular weight is 1300 g/mol. The third kappa shape index (κ3) is 74.3. The molecule has 0 aromatic rings. The zero-order chi connectivity index (χ0) is 66.9. The molecular weight excluding hydrogens is 1150 g/mol. The molecule has 1 amide bonds. The van der Waals surface area contributed by atoms with Crippen LogP contribution in [0.5, 0.6) is 0 Å². The number of nitrogens with zero attached hydrogens (tertiary/aromatic N) is 1. The van der Waals surface area contributed by atoms with Crippen molar-refractivity contribution in [2.75, 3.05) is 40.9 Å². The predicted octanol–water partition coefficient (Wildman–Crippen LogP) is 25.6. The first-order chi connectivity index (χ1) is 45.0. The molecule has 0 saturated carbocycles. The number of phosphoric acid groups is 1. The molecule has 3 N–H and O–H groups in total. The van der Waals surface area contributed by atoms with Crippen LogP contribution in [0.4, 0.5) is 0 Å². The second-order valence-electron chi connectivity index (χ2n) is 27.3. The number of carbonyl (C=O) groups is 1. The van der Waals surface area contributed by atoms with Crippen LogP contribution in [-0.4, -0.2) is 73.4 Å². The number of aliphatic hydroxyl groups is 1. The minimum atomic E-state index is -4.37. The van der Waals surface area contributed by atoms with Crippen LogP contribution in [0.15, 0.2) is 122 Å². The molecule has 92 heavy (non-hydrogen) atoms. The van der Waals surface area contributed by atoms with Gasteiger partial charge in [-0.1, -0.05) is 367 Å². The number of phosphoric ester groups is 1. The maximum atomic E-state index is 13.1. The molecule has 9 heteroatoms. The van der Waals surface area contributed by atoms with E-state index in [1.165, 1.54) is 238 Å². The Hall–Kier alpha value is -3.10. The fraction of sp³-hybridized carbons (Fsp3) is 0.747. The fourth-order valence-corrected chi connectivity index (χ4v) is 11.9. The van der Waals surface area contributed by atoms with Gasteiger partial charge in [-0.2, -0.15) is 0 Å². The summed E-state index contributed by atoms with van der Waals surface area (Å²) in [6, 6.07) is -0.873. The highest BCUT2D eigenvalue weighted by molar-refractivity contribution is 7.47. The third-order valence-corrected chi connectivity index (χ3v) is 18.1. The summed E-state index contributed by atoms with van der Waals surface area (Å²) in [5.41, 5.74) is 0. The SMILES string of the molecule is CC/C=C\C/C=C\C/C=C\C/C=C\C/C=C\C/C=C\C/C=C\C/C=C\CCCCCCCCCCCCCCCCC(=O)NC(COP(=O)(O)OCC[N+](C)(C)C)C(O)/C=C/CC/C=C/CCCCCCCCCCCCCCCCCCCCCCCCCCC. The minimum Gasteiger partial charge on any atom is -0.387 e. The summed E-state index contributed by atoms with van der Waals surface area (Å²) in [6.07, 6.45) is 108. The topological polar surface area (TPSA) is 105 Å². The summed E-state index contributed by atoms with van der Waals surface area (Å²) in [7, 11) is 1.55. The molecule has 0 radical (unpaired) electrons. The number of unbranched alkanes of at least 4 members (excludes halogenated alkanes) is 40. The van der Waals surface area contributed by atoms with Crippen molar-refractivity contribution in [1.82, 2.24) is 5.32 Å². The molecule has 0 saturated heterocycles. The minimum absolute atomic E-state index is 0.0523. The molecule has 0 bridgehead atoms. The Labute approximate surface area is 571 Å². The highest BCUT2D eigenvalue weighted by Crippen LogP contribution is 2.43. The Kier molecular flexibility index (Phi) is 69.7. The van der Waals surface area contributed by atoms with Crippen molar-refractivity contribution in [3.05, 3.63) is 122 Å². The van der Waals surface area contributed by atoms with E-state index in [1.807, 2.05) is 27.2 Å². The number of carbonyl (C=O) groups excluding carboxylic acids is 1. The first kappa shape index (κ1) is 88.9. The highest BCUT2D eigenvalue weighted by Gasteiger charge is 2.28. The van der Waals surface area contributed by atoms with Gasteiger partial charge in [-0.3, -0.25) is 13.8 Å². The first-order valence-corrected chi connectivity index (χ1v) is 40.4. The molecule has 3 unspecified atom stereocenters. The Balaban J connectivity index is 4.06. The van der Waals surface area contributed by atoms with Crippen LogP contribution in [0.1, 0.15) is 348 Å². The summed E-state index contributed by atoms with van der Waals surface area (Å²) in [6.45, 7) is 4.71. The van der Waals surface area contributed by atoms with Crippen LogP contribution < -0.4 is 5.32 Å². The van der Waals surface area contributed by atoms with Crippen molar-refractivity contribution in [2.24, 2.45) is 0 Å². The molecule has 3 atom stereocenters. The van der Waals surface area contributed by atoms with Gasteiger partial charge in [0.15, 0.2) is 0 Å². The van der Waals surface area contributed by atoms with Gasteiger partial charge in [-0.05, 0) is 96.3 Å². The number of hydrogen-bond donors (Lipinski definition) is 3. The molecule has 0 aliphatic rings. The summed E-state index contributed by atoms with van der Waals surface area (Å²) < 4.78 is 23.8. The fourth-order valence-electron chi connectivity index (χ4n) is 11.2. The number of aliphatic hydroxyl groups excluding tert-OH is 1. The maximum Gasteiger partial charge on any atom is 0.472 e. The van der Waals surface area contributed by atoms with E-state index in [-0.39, 0.29) is 19.1 Å². The van der Waals surface area contributed by atoms with E-state index in [1.54, 1.807) is 6.08 Å². The molecule has 532 valence electrons. The van der Waals surface area contributed by atoms with Crippen LogP contribution in [-0.2, 0) is 18.4 Å². The molecule has 0 aliphatic carbocycles. The van der Waals surface area contributed by atoms with Crippen LogP contribution in [0, 0.1) is 0 Å². The normalized spacial score (nSPS) is 14.2. The highest BCUT2D eigenvalue weighted by atomic mass is 31.2. The van der Waals surface area contributed by atoms with Gasteiger partial charge < -0.3 is 19.8 Å². The quantitative estimate of drug-likeness (QED) is 0.0243. The van der Waals surface area contributed by atoms with Crippen LogP contribution >= 0.6 is 7.82 Å². The first-order valence-electron chi connectivity index (χ1n) is 38.9. The van der Waals surface area contributed by atoms with E-state index in [2.05, 4.69) is 129 Å². The van der Waals surface area contributed by atoms with Crippen molar-refractivity contribution < 1.29 is 32.9 Å². The molecular formula is C83H150N2O6P+. The summed E-state index contributed by atoms with van der Waals surface area (Å²) >= 11 is 0. The van der Waals surface area contributed by atoms with Crippen molar-refractivity contribution >= 4 is 13.7 Å². The lowest BCUT2D eigenvalue weighted by molar-refractivity contribution is -0.870. The van der Waals surface area contributed by atoms with Crippen LogP contribution in [0.3, 0.4) is 0 Å². The molecule has 0 fully saturated rings. The van der Waals surface area contributed by atoms with Crippen molar-refractivity contribution in [3.8, 4) is 0 Å². The average Bonchev–Trinajstić information content (AvgIpc) is 2.63. The van der Waals surface area contributed by atoms with Gasteiger partial charge in [0.05, 0.1) is 39.9 Å². The molecule has 0 heterocycles. The van der Waals surface area contributed by atoms with Gasteiger partial charge in [-0.15, -0.1) is 0 Å². The molecule has 0 rings (SSSR count). The number of likely N-dealkylation sites (N-methyl/N-ethyl adjacent to an activating group) is 1. The monoisotopic (exact) mass is 1300 g/mol. The molecule has 0 aromatic heterocycles. The van der Waals surface area contributed by atoms with E-state index >= 15 is 0 Å². The lowest BCUT2D eigenvalue weighted by Gasteiger charge is -2.25. The lowest BCUT2D eigenvalue weighted by atomic mass is 10.0. The van der Waals surface area contributed by atoms with Gasteiger partial charge in [0.1, 0.15) is 13.2 Å². The summed E-state index contributed by atoms with van der Waals surface area (Å²) in [5, 5.41) is 14.0. The number of nitrogens with one attached hydrogen (secondary N) is 1. The van der Waals surface area contributed by atoms with E-state index in [0.717, 1.165) is 89.9 Å². The molecule has 8 nitrogen and oxygen atoms in total. The van der Waals surface area contributed by atoms with Crippen molar-refractivity contribution in [2.45, 2.75) is 360 Å². The standard InChI is InChI=1S/C83H149N2O6P/c1-6-8-10-12-14-16-18-20-22-24-26-28-30-32-34-36-38-39-40-41-42-43-44-45-47-49-51-53-55-57-59-61-63-65-67-69-71-73-75-77-83(87)84-81(80-91-92(88,89)90-79-78-85(3,4)5)82(86)76-74-72-70-68-66-64-62-60-58-56-54-52-50-48-46-37-35-33-31-29-27-25-23-21-19-17-15-13-11-9-7-2/h8,10,14,16,20,22,26,28,32,34,38-39,41-42,44-45,66,68,74,76,81-82,86H,6-7,9,11-13,15,17-19,21,23-25,27,29-31,33,35-37,40,43,46-65,67,69-73,75,77-80H2,1-5H3,(H-,84,87,88,89)/p+1/b10-8-,16-14-,22-20-,28-26-,34-32-,39-38-,42-41-,45-44-,68-66+,76-74+. The van der Waals surface area contributed by atoms with E-state index in [9.17, 15) is 19.4 Å². The zero-order valence-electron chi connectivity index (χ0n) is 61.0. The third-order valence-electron chi connectivity index (χ3n) is 17.2. The van der Waals surface area contributed by atoms with Gasteiger partial charge in [-0.25, -0.2) is 4.57 Å². The Bertz CT molecular complexity index is 1920. The van der Waals surface area contributed by atoms with Crippen molar-refractivity contribution in [1.29, 1.82) is 0 Å². The molecule has 0 aromatic carbocycles. The van der Waals surface area contributed by atoms with E-state index in [0.29, 0.717) is 17.4 Å². The Morgan fingerprint density at radius 3 is 1.00 bits per heavy atom. The molecule has 0 spiro atoms. The maximum absolute atomic E-state index is 13.1. The number of amides is 1.